The summed E-state index contributed by atoms with van der Waals surface area (Å²) in [5, 5.41) is 0. The average Bonchev–Trinajstić information content (AvgIpc) is 2.56. The van der Waals surface area contributed by atoms with Crippen LogP contribution in [-0.4, -0.2) is 21.4 Å². The van der Waals surface area contributed by atoms with Crippen LogP contribution >= 0.6 is 0 Å². The van der Waals surface area contributed by atoms with E-state index in [0.29, 0.717) is 0 Å². The molecule has 0 aromatic heterocycles. The van der Waals surface area contributed by atoms with Gasteiger partial charge in [-0.2, -0.15) is 0 Å². The Morgan fingerprint density at radius 1 is 0.450 bits per heavy atom. The van der Waals surface area contributed by atoms with Crippen molar-refractivity contribution in [1.29, 1.82) is 0 Å². The van der Waals surface area contributed by atoms with E-state index in [1.165, 1.54) is 8.77 Å². The van der Waals surface area contributed by atoms with Gasteiger partial charge in [0.1, 0.15) is 0 Å². The van der Waals surface area contributed by atoms with Crippen molar-refractivity contribution in [2.24, 2.45) is 0 Å². The summed E-state index contributed by atoms with van der Waals surface area (Å²) in [5.74, 6) is 0. The topological polar surface area (TPSA) is 0 Å². The molecule has 0 radical (unpaired) electrons. The standard InChI is InChI=1S/C18H18GeSi/c20-19(16-10-4-1-5-11-16,17-12-6-2-7-13-17)18-14-8-3-9-15-18/h1-15H,20H3. The van der Waals surface area contributed by atoms with E-state index in [4.69, 9.17) is 0 Å². The van der Waals surface area contributed by atoms with Gasteiger partial charge < -0.3 is 0 Å². The van der Waals surface area contributed by atoms with Gasteiger partial charge in [0.15, 0.2) is 0 Å². The van der Waals surface area contributed by atoms with E-state index in [1.54, 1.807) is 13.2 Å². The third-order valence-corrected chi connectivity index (χ3v) is 22.4. The second-order valence-corrected chi connectivity index (χ2v) is 21.4. The van der Waals surface area contributed by atoms with Crippen LogP contribution in [0.2, 0.25) is 0 Å². The van der Waals surface area contributed by atoms with Crippen molar-refractivity contribution in [2.45, 2.75) is 0 Å². The summed E-state index contributed by atoms with van der Waals surface area (Å²) in [6.07, 6.45) is 0. The van der Waals surface area contributed by atoms with Gasteiger partial charge in [0.2, 0.25) is 0 Å². The predicted molar refractivity (Wildman–Crippen MR) is 93.9 cm³/mol. The van der Waals surface area contributed by atoms with Crippen molar-refractivity contribution in [2.75, 3.05) is 0 Å². The maximum absolute atomic E-state index is 2.35. The van der Waals surface area contributed by atoms with Crippen molar-refractivity contribution < 1.29 is 0 Å². The minimum atomic E-state index is -2.35. The summed E-state index contributed by atoms with van der Waals surface area (Å²) in [7, 11) is 1.22. The molecule has 0 nitrogen and oxygen atoms in total. The van der Waals surface area contributed by atoms with Gasteiger partial charge in [-0.15, -0.1) is 0 Å². The number of hydrogen-bond acceptors (Lipinski definition) is 0. The molecule has 0 heterocycles. The Balaban J connectivity index is 2.24. The molecule has 0 aliphatic rings. The Morgan fingerprint density at radius 2 is 0.700 bits per heavy atom. The zero-order valence-corrected chi connectivity index (χ0v) is 15.8. The van der Waals surface area contributed by atoms with Crippen LogP contribution in [0.15, 0.2) is 91.0 Å². The first-order valence-corrected chi connectivity index (χ1v) is 17.4. The van der Waals surface area contributed by atoms with Crippen molar-refractivity contribution >= 4 is 34.6 Å². The Kier molecular flexibility index (Phi) is 3.90. The van der Waals surface area contributed by atoms with Crippen LogP contribution in [0.4, 0.5) is 0 Å². The fourth-order valence-corrected chi connectivity index (χ4v) is 15.5. The average molecular weight is 335 g/mol. The molecule has 2 heteroatoms. The van der Waals surface area contributed by atoms with Crippen LogP contribution in [0.1, 0.15) is 0 Å². The van der Waals surface area contributed by atoms with Gasteiger partial charge in [0, 0.05) is 0 Å². The monoisotopic (exact) mass is 336 g/mol. The van der Waals surface area contributed by atoms with Crippen LogP contribution in [-0.2, 0) is 0 Å². The molecule has 0 spiro atoms. The second-order valence-electron chi connectivity index (χ2n) is 5.22. The molecular weight excluding hydrogens is 317 g/mol. The van der Waals surface area contributed by atoms with Crippen molar-refractivity contribution in [3.63, 3.8) is 0 Å². The Bertz CT molecular complexity index is 569. The van der Waals surface area contributed by atoms with Gasteiger partial charge in [-0.05, 0) is 0 Å². The molecule has 0 atom stereocenters. The summed E-state index contributed by atoms with van der Waals surface area (Å²) in [5.41, 5.74) is 0. The van der Waals surface area contributed by atoms with E-state index in [2.05, 4.69) is 91.0 Å². The molecule has 3 aromatic carbocycles. The quantitative estimate of drug-likeness (QED) is 0.627. The molecule has 0 bridgehead atoms. The summed E-state index contributed by atoms with van der Waals surface area (Å²) < 4.78 is 4.70. The fourth-order valence-electron chi connectivity index (χ4n) is 2.81. The van der Waals surface area contributed by atoms with Gasteiger partial charge in [-0.3, -0.25) is 0 Å². The number of benzene rings is 3. The molecule has 0 unspecified atom stereocenters. The number of hydrogen-bond donors (Lipinski definition) is 0. The first kappa shape index (κ1) is 13.4. The van der Waals surface area contributed by atoms with Gasteiger partial charge in [0.25, 0.3) is 0 Å². The van der Waals surface area contributed by atoms with E-state index < -0.39 is 12.6 Å². The van der Waals surface area contributed by atoms with Crippen LogP contribution < -0.4 is 13.2 Å². The Labute approximate surface area is 125 Å². The molecule has 0 aliphatic heterocycles. The SMILES string of the molecule is [SiH3][Ge]([c]1ccccc1)([c]1ccccc1)[c]1ccccc1. The van der Waals surface area contributed by atoms with Crippen molar-refractivity contribution in [3.05, 3.63) is 91.0 Å². The third-order valence-electron chi connectivity index (χ3n) is 4.05. The minimum absolute atomic E-state index is 1.22. The van der Waals surface area contributed by atoms with Crippen molar-refractivity contribution in [1.82, 2.24) is 0 Å². The van der Waals surface area contributed by atoms with E-state index in [1.807, 2.05) is 0 Å². The van der Waals surface area contributed by atoms with Gasteiger partial charge >= 0.3 is 126 Å². The van der Waals surface area contributed by atoms with Crippen LogP contribution in [0, 0.1) is 0 Å². The molecule has 0 saturated carbocycles. The van der Waals surface area contributed by atoms with Crippen LogP contribution in [0.3, 0.4) is 0 Å². The first-order valence-electron chi connectivity index (χ1n) is 6.98. The zero-order valence-electron chi connectivity index (χ0n) is 11.7. The summed E-state index contributed by atoms with van der Waals surface area (Å²) >= 11 is -2.35. The molecule has 0 amide bonds. The second kappa shape index (κ2) is 5.81. The van der Waals surface area contributed by atoms with Gasteiger partial charge in [0.05, 0.1) is 0 Å². The predicted octanol–water partition coefficient (Wildman–Crippen LogP) is 1.02. The molecule has 98 valence electrons. The molecule has 20 heavy (non-hydrogen) atoms. The number of rotatable bonds is 3. The summed E-state index contributed by atoms with van der Waals surface area (Å²) in [6, 6.07) is 33.4. The molecule has 0 N–H and O–H groups in total. The van der Waals surface area contributed by atoms with Crippen molar-refractivity contribution in [3.8, 4) is 0 Å². The Hall–Kier alpha value is -1.58. The zero-order chi connectivity index (χ0) is 13.8. The molecule has 3 aromatic rings. The van der Waals surface area contributed by atoms with Crippen LogP contribution in [0.5, 0.6) is 0 Å². The normalized spacial score (nSPS) is 11.4. The van der Waals surface area contributed by atoms with Gasteiger partial charge in [-0.1, -0.05) is 0 Å². The Morgan fingerprint density at radius 3 is 0.950 bits per heavy atom. The van der Waals surface area contributed by atoms with E-state index >= 15 is 0 Å². The molecule has 0 fully saturated rings. The molecular formula is C18H18GeSi. The summed E-state index contributed by atoms with van der Waals surface area (Å²) in [6.45, 7) is 0. The fraction of sp³-hybridized carbons (Fsp3) is 0. The first-order chi connectivity index (χ1) is 9.82. The van der Waals surface area contributed by atoms with E-state index in [-0.39, 0.29) is 0 Å². The van der Waals surface area contributed by atoms with Crippen LogP contribution in [0.25, 0.3) is 0 Å². The molecule has 0 saturated heterocycles. The molecule has 0 aliphatic carbocycles. The van der Waals surface area contributed by atoms with Gasteiger partial charge in [-0.25, -0.2) is 0 Å². The summed E-state index contributed by atoms with van der Waals surface area (Å²) in [4.78, 5) is 0. The third kappa shape index (κ3) is 2.39. The van der Waals surface area contributed by atoms with E-state index in [0.717, 1.165) is 0 Å². The molecule has 3 rings (SSSR count). The maximum atomic E-state index is 2.33. The van der Waals surface area contributed by atoms with E-state index in [9.17, 15) is 0 Å².